The van der Waals surface area contributed by atoms with Crippen LogP contribution in [0.4, 0.5) is 4.39 Å². The molecule has 20 heavy (non-hydrogen) atoms. The Morgan fingerprint density at radius 1 is 1.30 bits per heavy atom. The van der Waals surface area contributed by atoms with Gasteiger partial charge in [0.2, 0.25) is 0 Å². The second kappa shape index (κ2) is 4.73. The summed E-state index contributed by atoms with van der Waals surface area (Å²) in [6.45, 7) is 2.38. The molecule has 2 saturated carbocycles. The van der Waals surface area contributed by atoms with E-state index in [0.717, 1.165) is 17.9 Å². The van der Waals surface area contributed by atoms with Crippen molar-refractivity contribution in [1.82, 2.24) is 4.90 Å². The van der Waals surface area contributed by atoms with E-state index < -0.39 is 0 Å². The van der Waals surface area contributed by atoms with Crippen molar-refractivity contribution < 1.29 is 9.50 Å². The summed E-state index contributed by atoms with van der Waals surface area (Å²) in [5.74, 6) is 0.783. The molecule has 0 saturated heterocycles. The number of aromatic hydroxyl groups is 1. The molecule has 2 bridgehead atoms. The van der Waals surface area contributed by atoms with Crippen LogP contribution in [-0.4, -0.2) is 30.1 Å². The number of benzene rings is 1. The van der Waals surface area contributed by atoms with Crippen molar-refractivity contribution in [3.8, 4) is 5.75 Å². The molecule has 0 aromatic heterocycles. The Bertz CT molecular complexity index is 495. The fourth-order valence-electron chi connectivity index (χ4n) is 4.95. The summed E-state index contributed by atoms with van der Waals surface area (Å²) in [5, 5.41) is 9.71. The summed E-state index contributed by atoms with van der Waals surface area (Å²) >= 11 is 0. The number of hydrogen-bond donors (Lipinski definition) is 1. The summed E-state index contributed by atoms with van der Waals surface area (Å²) in [7, 11) is 4.25. The molecule has 1 aromatic rings. The van der Waals surface area contributed by atoms with Crippen LogP contribution in [0.15, 0.2) is 18.2 Å². The van der Waals surface area contributed by atoms with Crippen LogP contribution in [0, 0.1) is 17.2 Å². The van der Waals surface area contributed by atoms with Gasteiger partial charge in [-0.05, 0) is 68.8 Å². The van der Waals surface area contributed by atoms with Gasteiger partial charge in [0.1, 0.15) is 11.6 Å². The quantitative estimate of drug-likeness (QED) is 0.890. The van der Waals surface area contributed by atoms with Crippen molar-refractivity contribution in [2.75, 3.05) is 14.1 Å². The lowest BCUT2D eigenvalue weighted by molar-refractivity contribution is 0.0629. The van der Waals surface area contributed by atoms with Crippen LogP contribution in [0.1, 0.15) is 44.1 Å². The number of fused-ring (bicyclic) bond motifs is 2. The topological polar surface area (TPSA) is 23.5 Å². The average molecular weight is 277 g/mol. The summed E-state index contributed by atoms with van der Waals surface area (Å²) in [6, 6.07) is 4.96. The molecule has 0 radical (unpaired) electrons. The zero-order valence-electron chi connectivity index (χ0n) is 12.6. The third-order valence-corrected chi connectivity index (χ3v) is 5.45. The second-order valence-electron chi connectivity index (χ2n) is 7.26. The number of halogens is 1. The summed E-state index contributed by atoms with van der Waals surface area (Å²) in [4.78, 5) is 2.30. The summed E-state index contributed by atoms with van der Waals surface area (Å²) in [6.07, 6.45) is 4.95. The Hall–Kier alpha value is -1.09. The first kappa shape index (κ1) is 13.9. The van der Waals surface area contributed by atoms with Crippen LogP contribution in [0.5, 0.6) is 5.75 Å². The van der Waals surface area contributed by atoms with Crippen molar-refractivity contribution >= 4 is 0 Å². The molecular formula is C17H24FNO. The van der Waals surface area contributed by atoms with Crippen molar-refractivity contribution in [2.24, 2.45) is 11.3 Å². The smallest absolute Gasteiger partial charge is 0.127 e. The van der Waals surface area contributed by atoms with E-state index in [4.69, 9.17) is 0 Å². The standard InChI is InChI=1S/C17H24FNO/c1-17-5-4-11(10-17)6-15(16(17)19(2)3)12-7-13(18)9-14(20)8-12/h7-9,11,15-16,20H,4-6,10H2,1-3H3. The zero-order valence-corrected chi connectivity index (χ0v) is 12.6. The second-order valence-corrected chi connectivity index (χ2v) is 7.26. The molecule has 4 atom stereocenters. The van der Waals surface area contributed by atoms with Crippen LogP contribution < -0.4 is 0 Å². The molecule has 0 amide bonds. The summed E-state index contributed by atoms with van der Waals surface area (Å²) in [5.41, 5.74) is 1.28. The van der Waals surface area contributed by atoms with E-state index in [1.54, 1.807) is 12.1 Å². The van der Waals surface area contributed by atoms with Gasteiger partial charge in [0.05, 0.1) is 0 Å². The molecule has 2 fully saturated rings. The Kier molecular flexibility index (Phi) is 3.28. The fourth-order valence-corrected chi connectivity index (χ4v) is 4.95. The molecule has 0 spiro atoms. The van der Waals surface area contributed by atoms with Gasteiger partial charge in [-0.25, -0.2) is 4.39 Å². The highest BCUT2D eigenvalue weighted by molar-refractivity contribution is 5.33. The Labute approximate surface area is 120 Å². The number of likely N-dealkylation sites (N-methyl/N-ethyl adjacent to an activating group) is 1. The average Bonchev–Trinajstić information content (AvgIpc) is 2.62. The van der Waals surface area contributed by atoms with Crippen LogP contribution in [0.3, 0.4) is 0 Å². The third kappa shape index (κ3) is 2.22. The lowest BCUT2D eigenvalue weighted by atomic mass is 9.65. The van der Waals surface area contributed by atoms with Crippen molar-refractivity contribution in [2.45, 2.75) is 44.6 Å². The van der Waals surface area contributed by atoms with E-state index in [2.05, 4.69) is 25.9 Å². The third-order valence-electron chi connectivity index (χ3n) is 5.45. The first-order chi connectivity index (χ1) is 9.39. The lowest BCUT2D eigenvalue weighted by Crippen LogP contribution is -2.48. The molecule has 3 rings (SSSR count). The van der Waals surface area contributed by atoms with E-state index in [1.807, 2.05) is 0 Å². The zero-order chi connectivity index (χ0) is 14.5. The highest BCUT2D eigenvalue weighted by atomic mass is 19.1. The number of phenolic OH excluding ortho intramolecular Hbond substituents is 1. The minimum atomic E-state index is -0.333. The SMILES string of the molecule is CN(C)C1C(c2cc(O)cc(F)c2)CC2CCC1(C)C2. The molecule has 2 aliphatic carbocycles. The van der Waals surface area contributed by atoms with Gasteiger partial charge in [-0.3, -0.25) is 0 Å². The lowest BCUT2D eigenvalue weighted by Gasteiger charge is -2.47. The van der Waals surface area contributed by atoms with Crippen LogP contribution in [0.2, 0.25) is 0 Å². The molecule has 0 aliphatic heterocycles. The maximum absolute atomic E-state index is 13.6. The summed E-state index contributed by atoms with van der Waals surface area (Å²) < 4.78 is 13.6. The Balaban J connectivity index is 2.02. The van der Waals surface area contributed by atoms with E-state index >= 15 is 0 Å². The minimum absolute atomic E-state index is 0.0422. The number of rotatable bonds is 2. The van der Waals surface area contributed by atoms with Crippen LogP contribution in [-0.2, 0) is 0 Å². The molecule has 0 heterocycles. The Morgan fingerprint density at radius 3 is 2.70 bits per heavy atom. The van der Waals surface area contributed by atoms with E-state index in [1.165, 1.54) is 25.3 Å². The van der Waals surface area contributed by atoms with Crippen LogP contribution in [0.25, 0.3) is 0 Å². The number of nitrogens with zero attached hydrogens (tertiary/aromatic N) is 1. The minimum Gasteiger partial charge on any atom is -0.508 e. The maximum atomic E-state index is 13.6. The maximum Gasteiger partial charge on any atom is 0.127 e. The largest absolute Gasteiger partial charge is 0.508 e. The van der Waals surface area contributed by atoms with Gasteiger partial charge >= 0.3 is 0 Å². The van der Waals surface area contributed by atoms with Gasteiger partial charge in [0.25, 0.3) is 0 Å². The van der Waals surface area contributed by atoms with E-state index in [-0.39, 0.29) is 11.6 Å². The predicted molar refractivity (Wildman–Crippen MR) is 78.3 cm³/mol. The highest BCUT2D eigenvalue weighted by Crippen LogP contribution is 2.57. The van der Waals surface area contributed by atoms with Gasteiger partial charge in [0, 0.05) is 18.0 Å². The van der Waals surface area contributed by atoms with E-state index in [0.29, 0.717) is 17.4 Å². The van der Waals surface area contributed by atoms with E-state index in [9.17, 15) is 9.50 Å². The van der Waals surface area contributed by atoms with Crippen molar-refractivity contribution in [1.29, 1.82) is 0 Å². The van der Waals surface area contributed by atoms with Crippen molar-refractivity contribution in [3.05, 3.63) is 29.6 Å². The van der Waals surface area contributed by atoms with Gasteiger partial charge in [0.15, 0.2) is 0 Å². The predicted octanol–water partition coefficient (Wildman–Crippen LogP) is 3.76. The number of hydrogen-bond acceptors (Lipinski definition) is 2. The molecule has 1 N–H and O–H groups in total. The first-order valence-corrected chi connectivity index (χ1v) is 7.55. The van der Waals surface area contributed by atoms with Crippen molar-refractivity contribution in [3.63, 3.8) is 0 Å². The molecule has 3 heteroatoms. The molecule has 1 aromatic carbocycles. The molecular weight excluding hydrogens is 253 g/mol. The Morgan fingerprint density at radius 2 is 2.05 bits per heavy atom. The van der Waals surface area contributed by atoms with Gasteiger partial charge in [-0.15, -0.1) is 0 Å². The van der Waals surface area contributed by atoms with Gasteiger partial charge in [-0.2, -0.15) is 0 Å². The first-order valence-electron chi connectivity index (χ1n) is 7.55. The van der Waals surface area contributed by atoms with Gasteiger partial charge in [-0.1, -0.05) is 6.92 Å². The highest BCUT2D eigenvalue weighted by Gasteiger charge is 2.50. The van der Waals surface area contributed by atoms with Crippen LogP contribution >= 0.6 is 0 Å². The van der Waals surface area contributed by atoms with Gasteiger partial charge < -0.3 is 10.0 Å². The normalized spacial score (nSPS) is 36.5. The molecule has 2 nitrogen and oxygen atoms in total. The fraction of sp³-hybridized carbons (Fsp3) is 0.647. The molecule has 2 aliphatic rings. The number of phenols is 1. The monoisotopic (exact) mass is 277 g/mol. The molecule has 4 unspecified atom stereocenters. The molecule has 110 valence electrons.